The van der Waals surface area contributed by atoms with Crippen LogP contribution in [0.4, 0.5) is 11.4 Å². The molecule has 0 heterocycles. The predicted molar refractivity (Wildman–Crippen MR) is 85.2 cm³/mol. The standard InChI is InChI=1S/C17H18ClNO/c1-2-3-11-19(15-7-5-4-6-8-15)16-10-9-14(13-20)17(18)12-16/h4-10,12-13H,2-3,11H2,1H3. The van der Waals surface area contributed by atoms with Gasteiger partial charge in [-0.1, -0.05) is 43.1 Å². The Bertz CT molecular complexity index is 568. The number of carbonyl (C=O) groups excluding carboxylic acids is 1. The molecule has 3 heteroatoms. The number of carbonyl (C=O) groups is 1. The minimum atomic E-state index is 0.495. The Kier molecular flexibility index (Phi) is 5.19. The number of hydrogen-bond acceptors (Lipinski definition) is 2. The lowest BCUT2D eigenvalue weighted by molar-refractivity contribution is 0.112. The van der Waals surface area contributed by atoms with Gasteiger partial charge in [-0.25, -0.2) is 0 Å². The van der Waals surface area contributed by atoms with E-state index in [9.17, 15) is 4.79 Å². The van der Waals surface area contributed by atoms with Gasteiger partial charge in [0.05, 0.1) is 5.02 Å². The lowest BCUT2D eigenvalue weighted by atomic mass is 10.1. The molecule has 0 aliphatic heterocycles. The first kappa shape index (κ1) is 14.6. The second kappa shape index (κ2) is 7.11. The molecule has 0 unspecified atom stereocenters. The zero-order valence-electron chi connectivity index (χ0n) is 11.6. The van der Waals surface area contributed by atoms with Crippen molar-refractivity contribution in [2.45, 2.75) is 19.8 Å². The molecule has 0 radical (unpaired) electrons. The first-order valence-electron chi connectivity index (χ1n) is 6.83. The number of benzene rings is 2. The fourth-order valence-corrected chi connectivity index (χ4v) is 2.33. The van der Waals surface area contributed by atoms with Crippen LogP contribution in [0.2, 0.25) is 5.02 Å². The van der Waals surface area contributed by atoms with Gasteiger partial charge in [0.25, 0.3) is 0 Å². The normalized spacial score (nSPS) is 10.3. The molecule has 2 nitrogen and oxygen atoms in total. The molecule has 104 valence electrons. The maximum Gasteiger partial charge on any atom is 0.151 e. The summed E-state index contributed by atoms with van der Waals surface area (Å²) in [7, 11) is 0. The molecule has 0 spiro atoms. The molecule has 2 rings (SSSR count). The van der Waals surface area contributed by atoms with Crippen LogP contribution in [0.25, 0.3) is 0 Å². The van der Waals surface area contributed by atoms with E-state index in [1.165, 1.54) is 0 Å². The molecule has 2 aromatic carbocycles. The molecule has 0 fully saturated rings. The van der Waals surface area contributed by atoms with Crippen molar-refractivity contribution in [1.29, 1.82) is 0 Å². The lowest BCUT2D eigenvalue weighted by Gasteiger charge is -2.25. The van der Waals surface area contributed by atoms with Gasteiger partial charge in [0.15, 0.2) is 6.29 Å². The molecular formula is C17H18ClNO. The van der Waals surface area contributed by atoms with Crippen LogP contribution in [0.15, 0.2) is 48.5 Å². The molecule has 0 aliphatic carbocycles. The molecule has 2 aromatic rings. The number of anilines is 2. The van der Waals surface area contributed by atoms with Crippen molar-refractivity contribution < 1.29 is 4.79 Å². The Labute approximate surface area is 125 Å². The average molecular weight is 288 g/mol. The third-order valence-electron chi connectivity index (χ3n) is 3.23. The number of para-hydroxylation sites is 1. The fraction of sp³-hybridized carbons (Fsp3) is 0.235. The molecule has 0 amide bonds. The molecule has 0 bridgehead atoms. The van der Waals surface area contributed by atoms with Gasteiger partial charge >= 0.3 is 0 Å². The molecule has 0 saturated heterocycles. The Morgan fingerprint density at radius 1 is 1.10 bits per heavy atom. The molecule has 0 aliphatic rings. The van der Waals surface area contributed by atoms with E-state index >= 15 is 0 Å². The van der Waals surface area contributed by atoms with Crippen LogP contribution in [-0.4, -0.2) is 12.8 Å². The zero-order valence-corrected chi connectivity index (χ0v) is 12.3. The topological polar surface area (TPSA) is 20.3 Å². The monoisotopic (exact) mass is 287 g/mol. The van der Waals surface area contributed by atoms with Crippen molar-refractivity contribution in [1.82, 2.24) is 0 Å². The summed E-state index contributed by atoms with van der Waals surface area (Å²) in [5.74, 6) is 0. The summed E-state index contributed by atoms with van der Waals surface area (Å²) in [5, 5.41) is 0.495. The number of aldehydes is 1. The number of rotatable bonds is 6. The van der Waals surface area contributed by atoms with Crippen LogP contribution in [0.5, 0.6) is 0 Å². The van der Waals surface area contributed by atoms with E-state index in [4.69, 9.17) is 11.6 Å². The van der Waals surface area contributed by atoms with Gasteiger partial charge in [-0.05, 0) is 36.8 Å². The van der Waals surface area contributed by atoms with Gasteiger partial charge in [-0.2, -0.15) is 0 Å². The highest BCUT2D eigenvalue weighted by molar-refractivity contribution is 6.33. The molecular weight excluding hydrogens is 270 g/mol. The van der Waals surface area contributed by atoms with Gasteiger partial charge in [0.1, 0.15) is 0 Å². The number of unbranched alkanes of at least 4 members (excludes halogenated alkanes) is 1. The van der Waals surface area contributed by atoms with E-state index in [-0.39, 0.29) is 0 Å². The summed E-state index contributed by atoms with van der Waals surface area (Å²) in [5.41, 5.74) is 2.68. The van der Waals surface area contributed by atoms with E-state index < -0.39 is 0 Å². The van der Waals surface area contributed by atoms with Crippen molar-refractivity contribution in [3.05, 3.63) is 59.1 Å². The highest BCUT2D eigenvalue weighted by Crippen LogP contribution is 2.29. The summed E-state index contributed by atoms with van der Waals surface area (Å²) < 4.78 is 0. The summed E-state index contributed by atoms with van der Waals surface area (Å²) in [6.07, 6.45) is 3.01. The summed E-state index contributed by atoms with van der Waals surface area (Å²) in [6.45, 7) is 3.10. The predicted octanol–water partition coefficient (Wildman–Crippen LogP) is 5.09. The van der Waals surface area contributed by atoms with Crippen molar-refractivity contribution in [3.8, 4) is 0 Å². The van der Waals surface area contributed by atoms with E-state index in [1.807, 2.05) is 30.3 Å². The Hall–Kier alpha value is -1.80. The third kappa shape index (κ3) is 3.40. The number of nitrogens with zero attached hydrogens (tertiary/aromatic N) is 1. The quantitative estimate of drug-likeness (QED) is 0.690. The Morgan fingerprint density at radius 3 is 2.45 bits per heavy atom. The van der Waals surface area contributed by atoms with Crippen LogP contribution in [0, 0.1) is 0 Å². The van der Waals surface area contributed by atoms with Gasteiger partial charge < -0.3 is 4.90 Å². The first-order chi connectivity index (χ1) is 9.76. The van der Waals surface area contributed by atoms with Crippen molar-refractivity contribution in [2.24, 2.45) is 0 Å². The molecule has 20 heavy (non-hydrogen) atoms. The largest absolute Gasteiger partial charge is 0.341 e. The second-order valence-electron chi connectivity index (χ2n) is 4.66. The summed E-state index contributed by atoms with van der Waals surface area (Å²) >= 11 is 6.14. The van der Waals surface area contributed by atoms with E-state index in [0.29, 0.717) is 10.6 Å². The van der Waals surface area contributed by atoms with E-state index in [2.05, 4.69) is 24.0 Å². The zero-order chi connectivity index (χ0) is 14.4. The first-order valence-corrected chi connectivity index (χ1v) is 7.21. The molecule has 0 N–H and O–H groups in total. The Balaban J connectivity index is 2.36. The van der Waals surface area contributed by atoms with Gasteiger partial charge in [-0.15, -0.1) is 0 Å². The third-order valence-corrected chi connectivity index (χ3v) is 3.55. The van der Waals surface area contributed by atoms with Crippen molar-refractivity contribution in [2.75, 3.05) is 11.4 Å². The van der Waals surface area contributed by atoms with Gasteiger partial charge in [-0.3, -0.25) is 4.79 Å². The fourth-order valence-electron chi connectivity index (χ4n) is 2.11. The van der Waals surface area contributed by atoms with Crippen LogP contribution >= 0.6 is 11.6 Å². The molecule has 0 aromatic heterocycles. The second-order valence-corrected chi connectivity index (χ2v) is 5.07. The van der Waals surface area contributed by atoms with Crippen LogP contribution in [0.1, 0.15) is 30.1 Å². The maximum atomic E-state index is 10.9. The number of halogens is 1. The highest BCUT2D eigenvalue weighted by atomic mass is 35.5. The number of hydrogen-bond donors (Lipinski definition) is 0. The summed E-state index contributed by atoms with van der Waals surface area (Å²) in [4.78, 5) is 13.1. The lowest BCUT2D eigenvalue weighted by Crippen LogP contribution is -2.18. The minimum Gasteiger partial charge on any atom is -0.341 e. The van der Waals surface area contributed by atoms with Crippen molar-refractivity contribution in [3.63, 3.8) is 0 Å². The smallest absolute Gasteiger partial charge is 0.151 e. The van der Waals surface area contributed by atoms with Crippen molar-refractivity contribution >= 4 is 29.3 Å². The van der Waals surface area contributed by atoms with Crippen LogP contribution < -0.4 is 4.90 Å². The van der Waals surface area contributed by atoms with Gasteiger partial charge in [0, 0.05) is 23.5 Å². The van der Waals surface area contributed by atoms with E-state index in [1.54, 1.807) is 6.07 Å². The maximum absolute atomic E-state index is 10.9. The van der Waals surface area contributed by atoms with Crippen LogP contribution in [0.3, 0.4) is 0 Å². The SMILES string of the molecule is CCCCN(c1ccccc1)c1ccc(C=O)c(Cl)c1. The highest BCUT2D eigenvalue weighted by Gasteiger charge is 2.10. The van der Waals surface area contributed by atoms with E-state index in [0.717, 1.165) is 37.0 Å². The van der Waals surface area contributed by atoms with Gasteiger partial charge in [0.2, 0.25) is 0 Å². The van der Waals surface area contributed by atoms with Crippen LogP contribution in [-0.2, 0) is 0 Å². The molecule has 0 atom stereocenters. The minimum absolute atomic E-state index is 0.495. The Morgan fingerprint density at radius 2 is 1.85 bits per heavy atom. The average Bonchev–Trinajstić information content (AvgIpc) is 2.49. The molecule has 0 saturated carbocycles. The summed E-state index contributed by atoms with van der Waals surface area (Å²) in [6, 6.07) is 15.8.